The van der Waals surface area contributed by atoms with Crippen LogP contribution in [0.25, 0.3) is 11.3 Å². The van der Waals surface area contributed by atoms with Gasteiger partial charge in [0.15, 0.2) is 5.82 Å². The van der Waals surface area contributed by atoms with Crippen LogP contribution in [0.4, 0.5) is 17.2 Å². The average molecular weight is 616 g/mol. The van der Waals surface area contributed by atoms with Gasteiger partial charge in [-0.25, -0.2) is 9.19 Å². The number of nitrogens with one attached hydrogen (secondary N) is 2. The maximum atomic E-state index is 13.1. The van der Waals surface area contributed by atoms with Crippen LogP contribution in [-0.2, 0) is 32.6 Å². The largest absolute Gasteiger partial charge is 0.379 e. The Bertz CT molecular complexity index is 1720. The number of ether oxygens (including phenoxy) is 1. The molecule has 1 amide bonds. The van der Waals surface area contributed by atoms with Crippen molar-refractivity contribution in [3.63, 3.8) is 0 Å². The minimum Gasteiger partial charge on any atom is -0.379 e. The monoisotopic (exact) mass is 615 g/mol. The molecule has 10 nitrogen and oxygen atoms in total. The first-order valence-electron chi connectivity index (χ1n) is 14.4. The van der Waals surface area contributed by atoms with Crippen LogP contribution in [0, 0.1) is 6.92 Å². The zero-order valence-electron chi connectivity index (χ0n) is 25.5. The number of aromatic nitrogens is 2. The number of nitrogens with zero attached hydrogens (tertiary/aromatic N) is 3. The Labute approximate surface area is 259 Å². The molecule has 0 spiro atoms. The zero-order chi connectivity index (χ0) is 31.4. The molecule has 1 unspecified atom stereocenters. The number of morpholine rings is 1. The smallest absolute Gasteiger partial charge is 0.293 e. The molecule has 2 heterocycles. The van der Waals surface area contributed by atoms with Crippen molar-refractivity contribution in [3.05, 3.63) is 100.0 Å². The van der Waals surface area contributed by atoms with Gasteiger partial charge >= 0.3 is 0 Å². The second-order valence-corrected chi connectivity index (χ2v) is 12.7. The highest BCUT2D eigenvalue weighted by Gasteiger charge is 2.18. The fourth-order valence-electron chi connectivity index (χ4n) is 4.73. The SMILES string of the molecule is Cc1c(NC(=O)c2ccc(C(C)(C)C)cc2)cccc1-c1cn(C)c(=O)c(Nc2ccc(S(=O)ON3CCOCC3)cc2)n1. The summed E-state index contributed by atoms with van der Waals surface area (Å²) in [6.07, 6.45) is 1.67. The van der Waals surface area contributed by atoms with Gasteiger partial charge in [0.1, 0.15) is 0 Å². The zero-order valence-corrected chi connectivity index (χ0v) is 26.4. The summed E-state index contributed by atoms with van der Waals surface area (Å²) in [5.74, 6) is -0.0718. The topological polar surface area (TPSA) is 115 Å². The Hall–Kier alpha value is -4.16. The summed E-state index contributed by atoms with van der Waals surface area (Å²) in [6.45, 7) is 10.5. The third-order valence-electron chi connectivity index (χ3n) is 7.39. The van der Waals surface area contributed by atoms with Gasteiger partial charge in [0.2, 0.25) is 11.1 Å². The Kier molecular flexibility index (Phi) is 9.40. The highest BCUT2D eigenvalue weighted by Crippen LogP contribution is 2.29. The predicted molar refractivity (Wildman–Crippen MR) is 172 cm³/mol. The van der Waals surface area contributed by atoms with E-state index in [9.17, 15) is 13.8 Å². The molecule has 1 aliphatic rings. The lowest BCUT2D eigenvalue weighted by Crippen LogP contribution is -2.36. The molecule has 3 aromatic carbocycles. The molecule has 11 heteroatoms. The van der Waals surface area contributed by atoms with Gasteiger partial charge in [0.05, 0.1) is 23.8 Å². The van der Waals surface area contributed by atoms with Crippen LogP contribution in [0.1, 0.15) is 42.3 Å². The van der Waals surface area contributed by atoms with Crippen molar-refractivity contribution in [1.82, 2.24) is 14.6 Å². The summed E-state index contributed by atoms with van der Waals surface area (Å²) >= 11 is -1.67. The molecule has 1 atom stereocenters. The summed E-state index contributed by atoms with van der Waals surface area (Å²) in [5, 5.41) is 7.75. The standard InChI is InChI=1S/C33H37N5O5S/c1-22-27(7-6-8-28(22)36-31(39)23-9-11-24(12-10-23)33(2,3)4)29-21-37(5)32(40)30(35-29)34-25-13-15-26(16-14-25)44(41)43-38-17-19-42-20-18-38/h6-16,21H,17-20H2,1-5H3,(H,34,35)(H,36,39). The number of hydrogen-bond donors (Lipinski definition) is 2. The minimum absolute atomic E-state index is 0.00175. The van der Waals surface area contributed by atoms with Gasteiger partial charge in [0, 0.05) is 48.8 Å². The molecule has 0 radical (unpaired) electrons. The maximum absolute atomic E-state index is 13.1. The van der Waals surface area contributed by atoms with E-state index in [2.05, 4.69) is 36.4 Å². The summed E-state index contributed by atoms with van der Waals surface area (Å²) in [7, 11) is 1.66. The number of benzene rings is 3. The van der Waals surface area contributed by atoms with E-state index in [1.807, 2.05) is 49.4 Å². The van der Waals surface area contributed by atoms with Crippen LogP contribution in [0.5, 0.6) is 0 Å². The van der Waals surface area contributed by atoms with Crippen LogP contribution < -0.4 is 16.2 Å². The molecule has 1 aromatic heterocycles. The van der Waals surface area contributed by atoms with Gasteiger partial charge in [-0.2, -0.15) is 9.35 Å². The molecular weight excluding hydrogens is 578 g/mol. The fraction of sp³-hybridized carbons (Fsp3) is 0.303. The van der Waals surface area contributed by atoms with E-state index >= 15 is 0 Å². The highest BCUT2D eigenvalue weighted by atomic mass is 32.2. The summed E-state index contributed by atoms with van der Waals surface area (Å²) in [5.41, 5.74) is 4.82. The van der Waals surface area contributed by atoms with Gasteiger partial charge < -0.3 is 19.9 Å². The lowest BCUT2D eigenvalue weighted by Gasteiger charge is -2.24. The fourth-order valence-corrected chi connectivity index (χ4v) is 5.51. The number of carbonyl (C=O) groups excluding carboxylic acids is 1. The van der Waals surface area contributed by atoms with Crippen molar-refractivity contribution in [2.45, 2.75) is 38.0 Å². The predicted octanol–water partition coefficient (Wildman–Crippen LogP) is 5.34. The Morgan fingerprint density at radius 1 is 1.00 bits per heavy atom. The molecule has 0 bridgehead atoms. The third kappa shape index (κ3) is 7.31. The van der Waals surface area contributed by atoms with Gasteiger partial charge in [-0.3, -0.25) is 9.59 Å². The third-order valence-corrected chi connectivity index (χ3v) is 8.40. The summed E-state index contributed by atoms with van der Waals surface area (Å²) < 4.78 is 24.9. The number of aryl methyl sites for hydroxylation is 1. The van der Waals surface area contributed by atoms with Crippen LogP contribution in [-0.4, -0.2) is 51.0 Å². The molecule has 1 fully saturated rings. The first kappa shape index (κ1) is 31.3. The van der Waals surface area contributed by atoms with E-state index in [1.165, 1.54) is 4.57 Å². The van der Waals surface area contributed by atoms with Crippen molar-refractivity contribution in [2.75, 3.05) is 36.9 Å². The van der Waals surface area contributed by atoms with E-state index < -0.39 is 11.1 Å². The van der Waals surface area contributed by atoms with Gasteiger partial charge in [-0.15, -0.1) is 0 Å². The van der Waals surface area contributed by atoms with E-state index in [1.54, 1.807) is 42.6 Å². The number of hydrogen-bond acceptors (Lipinski definition) is 8. The molecule has 0 aliphatic carbocycles. The normalized spacial score (nSPS) is 14.7. The quantitative estimate of drug-likeness (QED) is 0.273. The minimum atomic E-state index is -1.67. The molecular formula is C33H37N5O5S. The summed E-state index contributed by atoms with van der Waals surface area (Å²) in [6, 6.07) is 20.0. The first-order chi connectivity index (χ1) is 21.0. The van der Waals surface area contributed by atoms with Crippen molar-refractivity contribution in [1.29, 1.82) is 0 Å². The summed E-state index contributed by atoms with van der Waals surface area (Å²) in [4.78, 5) is 31.2. The molecule has 44 heavy (non-hydrogen) atoms. The number of rotatable bonds is 8. The van der Waals surface area contributed by atoms with Crippen molar-refractivity contribution >= 4 is 34.2 Å². The van der Waals surface area contributed by atoms with Gasteiger partial charge in [-0.1, -0.05) is 45.0 Å². The molecule has 230 valence electrons. The number of anilines is 3. The number of carbonyl (C=O) groups is 1. The van der Waals surface area contributed by atoms with Crippen LogP contribution >= 0.6 is 0 Å². The molecule has 4 aromatic rings. The molecule has 2 N–H and O–H groups in total. The Balaban J connectivity index is 1.33. The van der Waals surface area contributed by atoms with Crippen LogP contribution in [0.15, 0.2) is 82.6 Å². The number of amides is 1. The molecule has 0 saturated carbocycles. The molecule has 1 saturated heterocycles. The maximum Gasteiger partial charge on any atom is 0.293 e. The second kappa shape index (κ2) is 13.2. The van der Waals surface area contributed by atoms with Crippen molar-refractivity contribution in [2.24, 2.45) is 7.05 Å². The lowest BCUT2D eigenvalue weighted by molar-refractivity contribution is -0.109. The van der Waals surface area contributed by atoms with Crippen LogP contribution in [0.3, 0.4) is 0 Å². The average Bonchev–Trinajstić information content (AvgIpc) is 3.01. The van der Waals surface area contributed by atoms with Crippen LogP contribution in [0.2, 0.25) is 0 Å². The van der Waals surface area contributed by atoms with Gasteiger partial charge in [0.25, 0.3) is 11.5 Å². The first-order valence-corrected chi connectivity index (χ1v) is 15.5. The van der Waals surface area contributed by atoms with Gasteiger partial charge in [-0.05, 0) is 65.9 Å². The highest BCUT2D eigenvalue weighted by molar-refractivity contribution is 7.80. The Morgan fingerprint density at radius 3 is 2.34 bits per heavy atom. The second-order valence-electron chi connectivity index (χ2n) is 11.7. The van der Waals surface area contributed by atoms with Crippen molar-refractivity contribution < 1.29 is 18.0 Å². The lowest BCUT2D eigenvalue weighted by atomic mass is 9.86. The van der Waals surface area contributed by atoms with E-state index in [0.29, 0.717) is 53.8 Å². The Morgan fingerprint density at radius 2 is 1.68 bits per heavy atom. The van der Waals surface area contributed by atoms with E-state index in [0.717, 1.165) is 16.7 Å². The molecule has 5 rings (SSSR count). The number of hydroxylamine groups is 2. The molecule has 1 aliphatic heterocycles. The van der Waals surface area contributed by atoms with E-state index in [4.69, 9.17) is 9.02 Å². The van der Waals surface area contributed by atoms with E-state index in [-0.39, 0.29) is 22.7 Å². The van der Waals surface area contributed by atoms with Crippen molar-refractivity contribution in [3.8, 4) is 11.3 Å².